The number of hydrogen-bond donors (Lipinski definition) is 2. The molecule has 1 saturated heterocycles. The first-order chi connectivity index (χ1) is 10.3. The Bertz CT molecular complexity index is 465. The van der Waals surface area contributed by atoms with Gasteiger partial charge in [-0.2, -0.15) is 0 Å². The van der Waals surface area contributed by atoms with Crippen molar-refractivity contribution in [3.05, 3.63) is 0 Å². The predicted octanol–water partition coefficient (Wildman–Crippen LogP) is -1.81. The summed E-state index contributed by atoms with van der Waals surface area (Å²) in [6.45, 7) is 1.33. The third-order valence-electron chi connectivity index (χ3n) is 3.39. The fraction of sp³-hybridized carbons (Fsp3) is 0.692. The predicted molar refractivity (Wildman–Crippen MR) is 72.4 cm³/mol. The van der Waals surface area contributed by atoms with Gasteiger partial charge in [-0.05, 0) is 0 Å². The summed E-state index contributed by atoms with van der Waals surface area (Å²) >= 11 is 0. The van der Waals surface area contributed by atoms with Gasteiger partial charge in [0.25, 0.3) is 0 Å². The second-order valence-electron chi connectivity index (χ2n) is 4.94. The van der Waals surface area contributed by atoms with E-state index in [0.29, 0.717) is 0 Å². The number of nitrogens with one attached hydrogen (secondary N) is 1. The van der Waals surface area contributed by atoms with Crippen LogP contribution in [0.25, 0.3) is 0 Å². The molecule has 1 aliphatic heterocycles. The van der Waals surface area contributed by atoms with Crippen molar-refractivity contribution in [1.82, 2.24) is 10.2 Å². The number of β-amino-alcohol motifs (C(OH)–C–C–N with tert-alkyl or cyclic N) is 1. The average molecular weight is 316 g/mol. The molecule has 1 heterocycles. The third kappa shape index (κ3) is 4.42. The van der Waals surface area contributed by atoms with Gasteiger partial charge in [0, 0.05) is 19.9 Å². The fourth-order valence-corrected chi connectivity index (χ4v) is 2.26. The summed E-state index contributed by atoms with van der Waals surface area (Å²) in [5, 5.41) is 12.0. The van der Waals surface area contributed by atoms with Gasteiger partial charge < -0.3 is 24.8 Å². The lowest BCUT2D eigenvalue weighted by atomic mass is 10.1. The zero-order valence-electron chi connectivity index (χ0n) is 12.7. The van der Waals surface area contributed by atoms with Crippen molar-refractivity contribution in [2.75, 3.05) is 20.8 Å². The fourth-order valence-electron chi connectivity index (χ4n) is 2.26. The van der Waals surface area contributed by atoms with E-state index >= 15 is 0 Å². The topological polar surface area (TPSA) is 122 Å². The van der Waals surface area contributed by atoms with Crippen LogP contribution in [-0.2, 0) is 28.7 Å². The summed E-state index contributed by atoms with van der Waals surface area (Å²) in [4.78, 5) is 47.8. The molecule has 0 unspecified atom stereocenters. The van der Waals surface area contributed by atoms with E-state index in [0.717, 1.165) is 14.2 Å². The van der Waals surface area contributed by atoms with Crippen LogP contribution in [0.15, 0.2) is 0 Å². The lowest BCUT2D eigenvalue weighted by Crippen LogP contribution is -2.51. The van der Waals surface area contributed by atoms with Crippen molar-refractivity contribution in [2.24, 2.45) is 0 Å². The van der Waals surface area contributed by atoms with Crippen molar-refractivity contribution in [2.45, 2.75) is 38.0 Å². The SMILES string of the molecule is COC(=O)C[C@@H](NC(=O)[C@@H]1C[C@@H](O)CN1C(C)=O)C(=O)OC. The Kier molecular flexibility index (Phi) is 6.29. The smallest absolute Gasteiger partial charge is 0.328 e. The highest BCUT2D eigenvalue weighted by atomic mass is 16.5. The summed E-state index contributed by atoms with van der Waals surface area (Å²) in [5.74, 6) is -2.48. The molecule has 0 aromatic carbocycles. The van der Waals surface area contributed by atoms with Crippen LogP contribution in [-0.4, -0.2) is 72.7 Å². The van der Waals surface area contributed by atoms with Gasteiger partial charge in [-0.15, -0.1) is 0 Å². The standard InChI is InChI=1S/C13H20N2O7/c1-7(16)15-6-8(17)4-10(15)12(19)14-9(13(20)22-3)5-11(18)21-2/h8-10,17H,4-6H2,1-3H3,(H,14,19)/t8-,9-,10+/m1/s1. The van der Waals surface area contributed by atoms with E-state index in [4.69, 9.17) is 0 Å². The van der Waals surface area contributed by atoms with E-state index in [1.165, 1.54) is 11.8 Å². The van der Waals surface area contributed by atoms with E-state index in [1.54, 1.807) is 0 Å². The quantitative estimate of drug-likeness (QED) is 0.573. The Morgan fingerprint density at radius 1 is 1.27 bits per heavy atom. The van der Waals surface area contributed by atoms with Crippen LogP contribution in [0.3, 0.4) is 0 Å². The summed E-state index contributed by atoms with van der Waals surface area (Å²) in [6, 6.07) is -2.10. The molecule has 1 aliphatic rings. The molecular weight excluding hydrogens is 296 g/mol. The number of esters is 2. The van der Waals surface area contributed by atoms with Crippen LogP contribution in [0, 0.1) is 0 Å². The minimum Gasteiger partial charge on any atom is -0.469 e. The molecule has 0 saturated carbocycles. The van der Waals surface area contributed by atoms with Gasteiger partial charge in [-0.25, -0.2) is 4.79 Å². The molecule has 0 spiro atoms. The number of hydrogen-bond acceptors (Lipinski definition) is 7. The zero-order valence-corrected chi connectivity index (χ0v) is 12.7. The lowest BCUT2D eigenvalue weighted by molar-refractivity contribution is -0.151. The van der Waals surface area contributed by atoms with Gasteiger partial charge in [-0.3, -0.25) is 14.4 Å². The van der Waals surface area contributed by atoms with Crippen LogP contribution in [0.4, 0.5) is 0 Å². The Balaban J connectivity index is 2.79. The number of carbonyl (C=O) groups excluding carboxylic acids is 4. The van der Waals surface area contributed by atoms with Gasteiger partial charge in [-0.1, -0.05) is 0 Å². The molecule has 3 atom stereocenters. The van der Waals surface area contributed by atoms with Crippen molar-refractivity contribution in [1.29, 1.82) is 0 Å². The van der Waals surface area contributed by atoms with E-state index in [2.05, 4.69) is 14.8 Å². The largest absolute Gasteiger partial charge is 0.469 e. The highest BCUT2D eigenvalue weighted by Gasteiger charge is 2.39. The van der Waals surface area contributed by atoms with Crippen LogP contribution < -0.4 is 5.32 Å². The Morgan fingerprint density at radius 2 is 1.91 bits per heavy atom. The number of ether oxygens (including phenoxy) is 2. The molecule has 9 heteroatoms. The number of rotatable bonds is 5. The molecular formula is C13H20N2O7. The Morgan fingerprint density at radius 3 is 2.41 bits per heavy atom. The molecule has 0 aromatic heterocycles. The first-order valence-electron chi connectivity index (χ1n) is 6.70. The Hall–Kier alpha value is -2.16. The molecule has 9 nitrogen and oxygen atoms in total. The number of likely N-dealkylation sites (tertiary alicyclic amines) is 1. The molecule has 0 aromatic rings. The number of aliphatic hydroxyl groups excluding tert-OH is 1. The normalized spacial score (nSPS) is 21.9. The Labute approximate surface area is 127 Å². The number of nitrogens with zero attached hydrogens (tertiary/aromatic N) is 1. The maximum Gasteiger partial charge on any atom is 0.328 e. The van der Waals surface area contributed by atoms with E-state index in [-0.39, 0.29) is 25.3 Å². The maximum absolute atomic E-state index is 12.2. The van der Waals surface area contributed by atoms with E-state index in [1.807, 2.05) is 0 Å². The second kappa shape index (κ2) is 7.74. The van der Waals surface area contributed by atoms with Gasteiger partial charge >= 0.3 is 11.9 Å². The molecule has 2 amide bonds. The van der Waals surface area contributed by atoms with Crippen molar-refractivity contribution < 1.29 is 33.8 Å². The van der Waals surface area contributed by atoms with E-state index < -0.39 is 36.0 Å². The number of methoxy groups -OCH3 is 2. The van der Waals surface area contributed by atoms with Crippen LogP contribution in [0.1, 0.15) is 19.8 Å². The minimum atomic E-state index is -1.21. The minimum absolute atomic E-state index is 0.0489. The molecule has 1 fully saturated rings. The molecule has 0 bridgehead atoms. The lowest BCUT2D eigenvalue weighted by Gasteiger charge is -2.24. The summed E-state index contributed by atoms with van der Waals surface area (Å²) in [7, 11) is 2.28. The average Bonchev–Trinajstić information content (AvgIpc) is 2.87. The summed E-state index contributed by atoms with van der Waals surface area (Å²) < 4.78 is 8.98. The van der Waals surface area contributed by atoms with Crippen molar-refractivity contribution in [3.63, 3.8) is 0 Å². The molecule has 1 rings (SSSR count). The molecule has 2 N–H and O–H groups in total. The van der Waals surface area contributed by atoms with Gasteiger partial charge in [0.2, 0.25) is 11.8 Å². The second-order valence-corrected chi connectivity index (χ2v) is 4.94. The monoisotopic (exact) mass is 316 g/mol. The van der Waals surface area contributed by atoms with Gasteiger partial charge in [0.15, 0.2) is 0 Å². The van der Waals surface area contributed by atoms with Crippen LogP contribution >= 0.6 is 0 Å². The summed E-state index contributed by atoms with van der Waals surface area (Å²) in [6.07, 6.45) is -1.13. The van der Waals surface area contributed by atoms with Crippen molar-refractivity contribution in [3.8, 4) is 0 Å². The van der Waals surface area contributed by atoms with Gasteiger partial charge in [0.1, 0.15) is 12.1 Å². The highest BCUT2D eigenvalue weighted by Crippen LogP contribution is 2.18. The number of carbonyl (C=O) groups is 4. The maximum atomic E-state index is 12.2. The van der Waals surface area contributed by atoms with Crippen LogP contribution in [0.2, 0.25) is 0 Å². The van der Waals surface area contributed by atoms with Gasteiger partial charge in [0.05, 0.1) is 26.7 Å². The first kappa shape index (κ1) is 17.9. The number of amides is 2. The van der Waals surface area contributed by atoms with E-state index in [9.17, 15) is 24.3 Å². The highest BCUT2D eigenvalue weighted by molar-refractivity contribution is 5.92. The molecule has 124 valence electrons. The molecule has 22 heavy (non-hydrogen) atoms. The third-order valence-corrected chi connectivity index (χ3v) is 3.39. The first-order valence-corrected chi connectivity index (χ1v) is 6.70. The number of aliphatic hydroxyl groups is 1. The molecule has 0 aliphatic carbocycles. The zero-order chi connectivity index (χ0) is 16.9. The molecule has 0 radical (unpaired) electrons. The summed E-state index contributed by atoms with van der Waals surface area (Å²) in [5.41, 5.74) is 0. The van der Waals surface area contributed by atoms with Crippen molar-refractivity contribution >= 4 is 23.8 Å². The van der Waals surface area contributed by atoms with Crippen LogP contribution in [0.5, 0.6) is 0 Å².